The summed E-state index contributed by atoms with van der Waals surface area (Å²) in [6.07, 6.45) is 4.76. The fourth-order valence-electron chi connectivity index (χ4n) is 2.91. The van der Waals surface area contributed by atoms with Gasteiger partial charge in [-0.05, 0) is 51.5 Å². The zero-order chi connectivity index (χ0) is 14.0. The average molecular weight is 263 g/mol. The van der Waals surface area contributed by atoms with E-state index in [9.17, 15) is 4.79 Å². The van der Waals surface area contributed by atoms with Crippen LogP contribution >= 0.6 is 0 Å². The number of nitrogens with zero attached hydrogens (tertiary/aromatic N) is 3. The minimum atomic E-state index is 0.172. The van der Waals surface area contributed by atoms with Crippen molar-refractivity contribution < 1.29 is 4.79 Å². The van der Waals surface area contributed by atoms with Gasteiger partial charge in [-0.15, -0.1) is 0 Å². The normalized spacial score (nSPS) is 23.4. The number of hydrogen-bond acceptors (Lipinski definition) is 2. The van der Waals surface area contributed by atoms with Crippen molar-refractivity contribution in [3.63, 3.8) is 0 Å². The van der Waals surface area contributed by atoms with E-state index in [1.54, 1.807) is 4.68 Å². The molecule has 1 aromatic rings. The molecular weight excluding hydrogens is 238 g/mol. The Hall–Kier alpha value is -1.32. The van der Waals surface area contributed by atoms with Gasteiger partial charge in [0.25, 0.3) is 0 Å². The summed E-state index contributed by atoms with van der Waals surface area (Å²) in [5, 5.41) is 4.36. The SMILES string of the molecule is Cc1cc(C)n(CC(=O)N(C)C2CCC(C)CC2)n1. The van der Waals surface area contributed by atoms with Crippen LogP contribution in [-0.4, -0.2) is 33.7 Å². The van der Waals surface area contributed by atoms with E-state index in [0.717, 1.165) is 30.1 Å². The van der Waals surface area contributed by atoms with E-state index in [1.807, 2.05) is 31.9 Å². The van der Waals surface area contributed by atoms with Gasteiger partial charge in [0.05, 0.1) is 5.69 Å². The van der Waals surface area contributed by atoms with Crippen LogP contribution in [0.25, 0.3) is 0 Å². The second-order valence-electron chi connectivity index (χ2n) is 6.00. The highest BCUT2D eigenvalue weighted by molar-refractivity contribution is 5.76. The Kier molecular flexibility index (Phi) is 4.27. The highest BCUT2D eigenvalue weighted by atomic mass is 16.2. The average Bonchev–Trinajstić information content (AvgIpc) is 2.68. The van der Waals surface area contributed by atoms with Crippen LogP contribution in [0.2, 0.25) is 0 Å². The molecule has 1 fully saturated rings. The van der Waals surface area contributed by atoms with Crippen LogP contribution in [-0.2, 0) is 11.3 Å². The van der Waals surface area contributed by atoms with Gasteiger partial charge in [0.15, 0.2) is 0 Å². The van der Waals surface area contributed by atoms with Crippen molar-refractivity contribution >= 4 is 5.91 Å². The maximum absolute atomic E-state index is 12.3. The monoisotopic (exact) mass is 263 g/mol. The fraction of sp³-hybridized carbons (Fsp3) is 0.733. The topological polar surface area (TPSA) is 38.1 Å². The molecule has 0 spiro atoms. The van der Waals surface area contributed by atoms with Gasteiger partial charge in [-0.1, -0.05) is 6.92 Å². The summed E-state index contributed by atoms with van der Waals surface area (Å²) in [6, 6.07) is 2.43. The Morgan fingerprint density at radius 3 is 2.53 bits per heavy atom. The standard InChI is InChI=1S/C15H25N3O/c1-11-5-7-14(8-6-11)17(4)15(19)10-18-13(3)9-12(2)16-18/h9,11,14H,5-8,10H2,1-4H3. The third-order valence-corrected chi connectivity index (χ3v) is 4.31. The number of aryl methyl sites for hydroxylation is 2. The molecule has 1 saturated carbocycles. The first-order chi connectivity index (χ1) is 8.97. The van der Waals surface area contributed by atoms with E-state index in [-0.39, 0.29) is 5.91 Å². The lowest BCUT2D eigenvalue weighted by atomic mass is 9.87. The lowest BCUT2D eigenvalue weighted by molar-refractivity contribution is -0.133. The molecule has 106 valence electrons. The molecule has 0 atom stereocenters. The van der Waals surface area contributed by atoms with Crippen molar-refractivity contribution in [3.05, 3.63) is 17.5 Å². The Morgan fingerprint density at radius 2 is 2.00 bits per heavy atom. The van der Waals surface area contributed by atoms with Crippen LogP contribution in [0.5, 0.6) is 0 Å². The van der Waals surface area contributed by atoms with Gasteiger partial charge in [-0.25, -0.2) is 0 Å². The quantitative estimate of drug-likeness (QED) is 0.840. The summed E-state index contributed by atoms with van der Waals surface area (Å²) in [7, 11) is 1.94. The lowest BCUT2D eigenvalue weighted by Crippen LogP contribution is -2.41. The zero-order valence-corrected chi connectivity index (χ0v) is 12.5. The molecule has 2 rings (SSSR count). The van der Waals surface area contributed by atoms with Crippen molar-refractivity contribution in [2.75, 3.05) is 7.05 Å². The smallest absolute Gasteiger partial charge is 0.244 e. The van der Waals surface area contributed by atoms with Gasteiger partial charge in [0.1, 0.15) is 6.54 Å². The van der Waals surface area contributed by atoms with E-state index in [1.165, 1.54) is 12.8 Å². The molecule has 1 heterocycles. The van der Waals surface area contributed by atoms with E-state index in [2.05, 4.69) is 12.0 Å². The predicted octanol–water partition coefficient (Wildman–Crippen LogP) is 2.54. The van der Waals surface area contributed by atoms with Crippen molar-refractivity contribution in [1.29, 1.82) is 0 Å². The second kappa shape index (κ2) is 5.76. The molecule has 0 aromatic carbocycles. The number of carbonyl (C=O) groups excluding carboxylic acids is 1. The molecular formula is C15H25N3O. The van der Waals surface area contributed by atoms with E-state index >= 15 is 0 Å². The number of rotatable bonds is 3. The molecule has 1 aliphatic carbocycles. The summed E-state index contributed by atoms with van der Waals surface area (Å²) in [4.78, 5) is 14.3. The highest BCUT2D eigenvalue weighted by Gasteiger charge is 2.25. The van der Waals surface area contributed by atoms with Crippen LogP contribution in [0.4, 0.5) is 0 Å². The van der Waals surface area contributed by atoms with Crippen molar-refractivity contribution in [2.24, 2.45) is 5.92 Å². The molecule has 19 heavy (non-hydrogen) atoms. The Bertz CT molecular complexity index is 444. The van der Waals surface area contributed by atoms with Crippen molar-refractivity contribution in [1.82, 2.24) is 14.7 Å². The largest absolute Gasteiger partial charge is 0.341 e. The lowest BCUT2D eigenvalue weighted by Gasteiger charge is -2.33. The summed E-state index contributed by atoms with van der Waals surface area (Å²) in [6.45, 7) is 6.62. The molecule has 0 bridgehead atoms. The number of hydrogen-bond donors (Lipinski definition) is 0. The maximum atomic E-state index is 12.3. The molecule has 0 N–H and O–H groups in total. The number of carbonyl (C=O) groups is 1. The van der Waals surface area contributed by atoms with Crippen LogP contribution < -0.4 is 0 Å². The number of amides is 1. The van der Waals surface area contributed by atoms with Crippen LogP contribution in [0, 0.1) is 19.8 Å². The molecule has 0 saturated heterocycles. The van der Waals surface area contributed by atoms with Crippen LogP contribution in [0.3, 0.4) is 0 Å². The van der Waals surface area contributed by atoms with Gasteiger partial charge < -0.3 is 4.90 Å². The first-order valence-corrected chi connectivity index (χ1v) is 7.24. The third-order valence-electron chi connectivity index (χ3n) is 4.31. The molecule has 4 nitrogen and oxygen atoms in total. The van der Waals surface area contributed by atoms with Gasteiger partial charge in [0.2, 0.25) is 5.91 Å². The van der Waals surface area contributed by atoms with E-state index in [4.69, 9.17) is 0 Å². The summed E-state index contributed by atoms with van der Waals surface area (Å²) in [5.41, 5.74) is 2.02. The summed E-state index contributed by atoms with van der Waals surface area (Å²) >= 11 is 0. The second-order valence-corrected chi connectivity index (χ2v) is 6.00. The van der Waals surface area contributed by atoms with Gasteiger partial charge in [0, 0.05) is 18.8 Å². The zero-order valence-electron chi connectivity index (χ0n) is 12.5. The minimum absolute atomic E-state index is 0.172. The molecule has 1 aliphatic rings. The maximum Gasteiger partial charge on any atom is 0.244 e. The molecule has 1 aromatic heterocycles. The molecule has 1 amide bonds. The van der Waals surface area contributed by atoms with Gasteiger partial charge >= 0.3 is 0 Å². The van der Waals surface area contributed by atoms with Crippen LogP contribution in [0.1, 0.15) is 44.0 Å². The number of likely N-dealkylation sites (N-methyl/N-ethyl adjacent to an activating group) is 1. The van der Waals surface area contributed by atoms with E-state index < -0.39 is 0 Å². The summed E-state index contributed by atoms with van der Waals surface area (Å²) in [5.74, 6) is 0.988. The van der Waals surface area contributed by atoms with E-state index in [0.29, 0.717) is 12.6 Å². The Morgan fingerprint density at radius 1 is 1.37 bits per heavy atom. The summed E-state index contributed by atoms with van der Waals surface area (Å²) < 4.78 is 1.81. The molecule has 0 radical (unpaired) electrons. The first-order valence-electron chi connectivity index (χ1n) is 7.24. The van der Waals surface area contributed by atoms with Crippen molar-refractivity contribution in [2.45, 2.75) is 59.0 Å². The third kappa shape index (κ3) is 3.37. The number of aromatic nitrogens is 2. The van der Waals surface area contributed by atoms with Crippen molar-refractivity contribution in [3.8, 4) is 0 Å². The molecule has 0 unspecified atom stereocenters. The fourth-order valence-corrected chi connectivity index (χ4v) is 2.91. The first kappa shape index (κ1) is 14.1. The van der Waals surface area contributed by atoms with Crippen LogP contribution in [0.15, 0.2) is 6.07 Å². The molecule has 4 heteroatoms. The Labute approximate surface area is 115 Å². The predicted molar refractivity (Wildman–Crippen MR) is 75.9 cm³/mol. The highest BCUT2D eigenvalue weighted by Crippen LogP contribution is 2.26. The minimum Gasteiger partial charge on any atom is -0.341 e. The van der Waals surface area contributed by atoms with Gasteiger partial charge in [-0.2, -0.15) is 5.10 Å². The van der Waals surface area contributed by atoms with Gasteiger partial charge in [-0.3, -0.25) is 9.48 Å². The Balaban J connectivity index is 1.94. The molecule has 0 aliphatic heterocycles.